The van der Waals surface area contributed by atoms with E-state index >= 15 is 0 Å². The number of thioether (sulfide) groups is 1. The van der Waals surface area contributed by atoms with Crippen LogP contribution in [-0.2, 0) is 23.7 Å². The maximum Gasteiger partial charge on any atom is 0.417 e. The molecule has 0 aromatic carbocycles. The van der Waals surface area contributed by atoms with E-state index < -0.39 is 43.3 Å². The summed E-state index contributed by atoms with van der Waals surface area (Å²) in [5, 5.41) is -0.400. The van der Waals surface area contributed by atoms with Crippen molar-refractivity contribution in [3.05, 3.63) is 23.8 Å². The van der Waals surface area contributed by atoms with Crippen LogP contribution < -0.4 is 0 Å². The predicted molar refractivity (Wildman–Crippen MR) is 174 cm³/mol. The third-order valence-corrected chi connectivity index (χ3v) is 10.0. The number of rotatable bonds is 13. The second-order valence-corrected chi connectivity index (χ2v) is 18.9. The Labute approximate surface area is 263 Å². The fraction of sp³-hybridized carbons (Fsp3) is 0.667. The number of amides is 2. The molecule has 2 saturated heterocycles. The molecule has 0 saturated carbocycles. The zero-order chi connectivity index (χ0) is 32.0. The Morgan fingerprint density at radius 1 is 1.26 bits per heavy atom. The molecule has 0 spiro atoms. The van der Waals surface area contributed by atoms with E-state index in [1.165, 1.54) is 13.2 Å². The maximum atomic E-state index is 13.2. The van der Waals surface area contributed by atoms with E-state index in [2.05, 4.69) is 50.2 Å². The highest BCUT2D eigenvalue weighted by Crippen LogP contribution is 2.42. The number of carbonyl (C=O) groups excluding carboxylic acids is 3. The summed E-state index contributed by atoms with van der Waals surface area (Å²) in [5.41, 5.74) is 0.901. The van der Waals surface area contributed by atoms with Crippen LogP contribution in [0.1, 0.15) is 66.2 Å². The number of nitrogens with zero attached hydrogens (tertiary/aromatic N) is 1. The predicted octanol–water partition coefficient (Wildman–Crippen LogP) is 7.18. The molecule has 8 nitrogen and oxygen atoms in total. The lowest BCUT2D eigenvalue weighted by Gasteiger charge is -2.47. The fourth-order valence-electron chi connectivity index (χ4n) is 5.04. The number of carbonyl (C=O) groups is 3. The minimum Gasteiger partial charge on any atom is -0.459 e. The summed E-state index contributed by atoms with van der Waals surface area (Å²) in [7, 11) is 0.0671. The first-order chi connectivity index (χ1) is 20.3. The Bertz CT molecular complexity index is 1160. The third kappa shape index (κ3) is 12.2. The lowest BCUT2D eigenvalue weighted by atomic mass is 9.90. The lowest BCUT2D eigenvalue weighted by molar-refractivity contribution is -0.303. The number of hydrogen-bond acceptors (Lipinski definition) is 8. The van der Waals surface area contributed by atoms with Gasteiger partial charge in [-0.25, -0.2) is 14.5 Å². The molecule has 2 aliphatic rings. The number of imide groups is 1. The molecule has 2 rings (SSSR count). The Balaban J connectivity index is 2.26. The van der Waals surface area contributed by atoms with Crippen LogP contribution in [0.2, 0.25) is 25.7 Å². The van der Waals surface area contributed by atoms with Crippen LogP contribution in [0.5, 0.6) is 0 Å². The Hall–Kier alpha value is -2.50. The minimum absolute atomic E-state index is 0.165. The molecule has 0 unspecified atom stereocenters. The monoisotopic (exact) mass is 631 g/mol. The van der Waals surface area contributed by atoms with E-state index in [9.17, 15) is 14.4 Å². The van der Waals surface area contributed by atoms with Gasteiger partial charge in [0.1, 0.15) is 12.1 Å². The van der Waals surface area contributed by atoms with Gasteiger partial charge in [0.25, 0.3) is 5.24 Å². The van der Waals surface area contributed by atoms with Gasteiger partial charge in [-0.1, -0.05) is 55.9 Å². The normalized spacial score (nSPS) is 25.0. The van der Waals surface area contributed by atoms with E-state index in [0.717, 1.165) is 41.1 Å². The van der Waals surface area contributed by atoms with Crippen molar-refractivity contribution in [3.8, 4) is 23.7 Å². The van der Waals surface area contributed by atoms with Gasteiger partial charge in [0.2, 0.25) is 0 Å². The zero-order valence-corrected chi connectivity index (χ0v) is 28.9. The molecule has 2 amide bonds. The Kier molecular flexibility index (Phi) is 15.1. The summed E-state index contributed by atoms with van der Waals surface area (Å²) in [5.74, 6) is 10.5. The smallest absolute Gasteiger partial charge is 0.417 e. The van der Waals surface area contributed by atoms with E-state index in [1.807, 2.05) is 26.0 Å². The molecule has 10 heteroatoms. The second-order valence-electron chi connectivity index (χ2n) is 12.3. The van der Waals surface area contributed by atoms with Gasteiger partial charge in [0.05, 0.1) is 12.7 Å². The fourth-order valence-corrected chi connectivity index (χ4v) is 6.80. The molecule has 2 heterocycles. The Morgan fingerprint density at radius 2 is 2.00 bits per heavy atom. The average molecular weight is 632 g/mol. The van der Waals surface area contributed by atoms with Crippen molar-refractivity contribution in [2.75, 3.05) is 19.5 Å². The van der Waals surface area contributed by atoms with Gasteiger partial charge < -0.3 is 18.9 Å². The van der Waals surface area contributed by atoms with Crippen LogP contribution in [-0.4, -0.2) is 73.8 Å². The van der Waals surface area contributed by atoms with E-state index in [1.54, 1.807) is 6.92 Å². The molecular weight excluding hydrogens is 583 g/mol. The van der Waals surface area contributed by atoms with Crippen LogP contribution in [0.25, 0.3) is 0 Å². The lowest BCUT2D eigenvalue weighted by Crippen LogP contribution is -2.61. The number of allylic oxidation sites excluding steroid dienone is 3. The third-order valence-electron chi connectivity index (χ3n) is 7.42. The van der Waals surface area contributed by atoms with E-state index in [-0.39, 0.29) is 30.8 Å². The first-order valence-corrected chi connectivity index (χ1v) is 19.8. The molecule has 0 aromatic rings. The van der Waals surface area contributed by atoms with Gasteiger partial charge >= 0.3 is 12.1 Å². The quantitative estimate of drug-likeness (QED) is 0.0914. The first kappa shape index (κ1) is 36.7. The highest BCUT2D eigenvalue weighted by atomic mass is 32.2. The van der Waals surface area contributed by atoms with Gasteiger partial charge in [0.15, 0.2) is 5.79 Å². The van der Waals surface area contributed by atoms with E-state index in [4.69, 9.17) is 18.9 Å². The molecule has 5 atom stereocenters. The molecular formula is C33H49NO7SSi. The van der Waals surface area contributed by atoms with Crippen molar-refractivity contribution < 1.29 is 33.3 Å². The van der Waals surface area contributed by atoms with Crippen LogP contribution in [0.3, 0.4) is 0 Å². The summed E-state index contributed by atoms with van der Waals surface area (Å²) < 4.78 is 24.2. The van der Waals surface area contributed by atoms with E-state index in [0.29, 0.717) is 19.3 Å². The molecule has 0 bridgehead atoms. The second kappa shape index (κ2) is 17.7. The van der Waals surface area contributed by atoms with Crippen LogP contribution in [0, 0.1) is 29.6 Å². The molecule has 2 fully saturated rings. The average Bonchev–Trinajstić information content (AvgIpc) is 3.33. The van der Waals surface area contributed by atoms with Crippen molar-refractivity contribution >= 4 is 37.1 Å². The summed E-state index contributed by atoms with van der Waals surface area (Å²) in [6.07, 6.45) is 7.32. The van der Waals surface area contributed by atoms with Gasteiger partial charge in [-0.2, -0.15) is 0 Å². The van der Waals surface area contributed by atoms with Crippen molar-refractivity contribution in [1.82, 2.24) is 4.90 Å². The van der Waals surface area contributed by atoms with Crippen molar-refractivity contribution in [2.24, 2.45) is 5.92 Å². The SMILES string of the molecule is CC#C/C=C/CC/C(C)=C\C(=O)O[C@@H]1C[C@@H](CC[C@H](C)C#CC)O[C@@](OC)([C@@H]2CSC(=O)N2C(=O)OCC[Si](C)(C)C)C1. The van der Waals surface area contributed by atoms with Crippen molar-refractivity contribution in [3.63, 3.8) is 0 Å². The summed E-state index contributed by atoms with van der Waals surface area (Å²) in [6.45, 7) is 14.4. The largest absolute Gasteiger partial charge is 0.459 e. The molecule has 0 aromatic heterocycles. The van der Waals surface area contributed by atoms with Crippen LogP contribution in [0.4, 0.5) is 9.59 Å². The first-order valence-electron chi connectivity index (χ1n) is 15.1. The number of hydrogen-bond donors (Lipinski definition) is 0. The molecule has 2 aliphatic heterocycles. The topological polar surface area (TPSA) is 91.4 Å². The number of ether oxygens (including phenoxy) is 4. The summed E-state index contributed by atoms with van der Waals surface area (Å²) in [6, 6.07) is 0.0565. The minimum atomic E-state index is -1.44. The molecule has 0 N–H and O–H groups in total. The highest BCUT2D eigenvalue weighted by Gasteiger charge is 2.56. The van der Waals surface area contributed by atoms with Gasteiger partial charge in [-0.15, -0.1) is 17.8 Å². The van der Waals surface area contributed by atoms with Gasteiger partial charge in [0, 0.05) is 45.8 Å². The number of esters is 1. The number of methoxy groups -OCH3 is 1. The standard InChI is InChI=1S/C33H49NO7SSi/c1-9-11-12-13-14-16-26(4)21-30(35)40-28-22-27(18-17-25(3)15-10-2)41-33(23-28,38-5)29-24-42-32(37)34(29)31(36)39-19-20-43(6,7)8/h12-13,21,25,27-29H,14,16-20,22-24H2,1-8H3/b13-12+,26-21-/t25-,27-,28-,29+,33-/m1/s1. The summed E-state index contributed by atoms with van der Waals surface area (Å²) in [4.78, 5) is 40.3. The highest BCUT2D eigenvalue weighted by molar-refractivity contribution is 8.14. The van der Waals surface area contributed by atoms with Crippen LogP contribution in [0.15, 0.2) is 23.8 Å². The van der Waals surface area contributed by atoms with Crippen LogP contribution >= 0.6 is 11.8 Å². The molecule has 0 aliphatic carbocycles. The zero-order valence-electron chi connectivity index (χ0n) is 27.1. The molecule has 238 valence electrons. The van der Waals surface area contributed by atoms with Crippen molar-refractivity contribution in [2.45, 2.75) is 116 Å². The maximum absolute atomic E-state index is 13.2. The Morgan fingerprint density at radius 3 is 2.65 bits per heavy atom. The van der Waals surface area contributed by atoms with Gasteiger partial charge in [-0.05, 0) is 58.6 Å². The summed E-state index contributed by atoms with van der Waals surface area (Å²) >= 11 is 1.04. The van der Waals surface area contributed by atoms with Gasteiger partial charge in [-0.3, -0.25) is 4.79 Å². The molecule has 43 heavy (non-hydrogen) atoms. The van der Waals surface area contributed by atoms with Crippen molar-refractivity contribution in [1.29, 1.82) is 0 Å². The molecule has 0 radical (unpaired) electrons.